The Kier molecular flexibility index (Phi) is 2.72. The molecule has 1 N–H and O–H groups in total. The largest absolute Gasteiger partial charge is 0.330 e. The number of hydrogen-bond acceptors (Lipinski definition) is 2. The van der Waals surface area contributed by atoms with Crippen LogP contribution >= 0.6 is 23.8 Å². The van der Waals surface area contributed by atoms with Gasteiger partial charge in [-0.2, -0.15) is 5.10 Å². The van der Waals surface area contributed by atoms with Crippen LogP contribution in [-0.4, -0.2) is 19.3 Å². The summed E-state index contributed by atoms with van der Waals surface area (Å²) in [5.74, 6) is -0.472. The number of fused-ring (bicyclic) bond motifs is 1. The SMILES string of the molecule is Cc1nn(C)cc1-n1c(=S)[nH]c2cc(F)c(Cl)cc21. The molecule has 3 rings (SSSR count). The number of H-pyrrole nitrogens is 1. The summed E-state index contributed by atoms with van der Waals surface area (Å²) >= 11 is 11.1. The van der Waals surface area contributed by atoms with Crippen LogP contribution in [0.25, 0.3) is 16.7 Å². The van der Waals surface area contributed by atoms with E-state index < -0.39 is 5.82 Å². The quantitative estimate of drug-likeness (QED) is 0.698. The van der Waals surface area contributed by atoms with Gasteiger partial charge in [-0.25, -0.2) is 4.39 Å². The van der Waals surface area contributed by atoms with E-state index in [4.69, 9.17) is 23.8 Å². The van der Waals surface area contributed by atoms with E-state index in [0.717, 1.165) is 16.9 Å². The third kappa shape index (κ3) is 1.87. The van der Waals surface area contributed by atoms with E-state index in [9.17, 15) is 4.39 Å². The molecule has 3 aromatic rings. The van der Waals surface area contributed by atoms with Gasteiger partial charge in [0.1, 0.15) is 5.82 Å². The lowest BCUT2D eigenvalue weighted by molar-refractivity contribution is 0.630. The molecule has 7 heteroatoms. The maximum absolute atomic E-state index is 13.5. The molecule has 0 aliphatic rings. The maximum Gasteiger partial charge on any atom is 0.182 e. The summed E-state index contributed by atoms with van der Waals surface area (Å²) in [6.45, 7) is 1.89. The van der Waals surface area contributed by atoms with Crippen LogP contribution in [0.4, 0.5) is 4.39 Å². The summed E-state index contributed by atoms with van der Waals surface area (Å²) in [6, 6.07) is 2.90. The Labute approximate surface area is 118 Å². The number of aromatic nitrogens is 4. The lowest BCUT2D eigenvalue weighted by Crippen LogP contribution is -1.94. The Morgan fingerprint density at radius 1 is 1.42 bits per heavy atom. The number of hydrogen-bond donors (Lipinski definition) is 1. The predicted octanol–water partition coefficient (Wildman–Crippen LogP) is 3.52. The van der Waals surface area contributed by atoms with E-state index >= 15 is 0 Å². The zero-order chi connectivity index (χ0) is 13.7. The van der Waals surface area contributed by atoms with E-state index in [-0.39, 0.29) is 5.02 Å². The average molecular weight is 297 g/mol. The summed E-state index contributed by atoms with van der Waals surface area (Å²) in [7, 11) is 1.83. The fourth-order valence-electron chi connectivity index (χ4n) is 2.15. The molecule has 0 radical (unpaired) electrons. The Bertz CT molecular complexity index is 845. The Hall–Kier alpha value is -1.66. The lowest BCUT2D eigenvalue weighted by atomic mass is 10.3. The number of halogens is 2. The van der Waals surface area contributed by atoms with E-state index in [0.29, 0.717) is 10.3 Å². The molecule has 0 aliphatic heterocycles. The van der Waals surface area contributed by atoms with E-state index in [1.54, 1.807) is 15.3 Å². The van der Waals surface area contributed by atoms with Crippen LogP contribution < -0.4 is 0 Å². The highest BCUT2D eigenvalue weighted by Gasteiger charge is 2.13. The summed E-state index contributed by atoms with van der Waals surface area (Å²) in [4.78, 5) is 2.97. The number of nitrogens with one attached hydrogen (secondary N) is 1. The van der Waals surface area contributed by atoms with Gasteiger partial charge in [0.15, 0.2) is 4.77 Å². The van der Waals surface area contributed by atoms with E-state index in [2.05, 4.69) is 10.1 Å². The van der Waals surface area contributed by atoms with Crippen molar-refractivity contribution in [1.82, 2.24) is 19.3 Å². The minimum absolute atomic E-state index is 0.0665. The summed E-state index contributed by atoms with van der Waals surface area (Å²) < 4.78 is 17.5. The summed E-state index contributed by atoms with van der Waals surface area (Å²) in [5.41, 5.74) is 3.02. The molecule has 19 heavy (non-hydrogen) atoms. The van der Waals surface area contributed by atoms with Gasteiger partial charge in [0, 0.05) is 19.3 Å². The molecule has 2 heterocycles. The van der Waals surface area contributed by atoms with Crippen molar-refractivity contribution in [3.05, 3.63) is 39.6 Å². The van der Waals surface area contributed by atoms with Crippen LogP contribution in [0.3, 0.4) is 0 Å². The molecule has 0 unspecified atom stereocenters. The lowest BCUT2D eigenvalue weighted by Gasteiger charge is -2.02. The summed E-state index contributed by atoms with van der Waals surface area (Å²) in [6.07, 6.45) is 1.86. The molecule has 98 valence electrons. The van der Waals surface area contributed by atoms with Crippen molar-refractivity contribution in [1.29, 1.82) is 0 Å². The van der Waals surface area contributed by atoms with Crippen molar-refractivity contribution >= 4 is 34.9 Å². The van der Waals surface area contributed by atoms with Gasteiger partial charge in [-0.05, 0) is 25.2 Å². The van der Waals surface area contributed by atoms with Crippen LogP contribution in [0, 0.1) is 17.5 Å². The van der Waals surface area contributed by atoms with Gasteiger partial charge in [-0.1, -0.05) is 11.6 Å². The first-order valence-corrected chi connectivity index (χ1v) is 6.36. The van der Waals surface area contributed by atoms with Gasteiger partial charge >= 0.3 is 0 Å². The van der Waals surface area contributed by atoms with Gasteiger partial charge in [0.25, 0.3) is 0 Å². The third-order valence-corrected chi connectivity index (χ3v) is 3.53. The molecule has 0 atom stereocenters. The monoisotopic (exact) mass is 296 g/mol. The third-order valence-electron chi connectivity index (χ3n) is 2.95. The molecular formula is C12H10ClFN4S. The zero-order valence-corrected chi connectivity index (χ0v) is 11.8. The number of nitrogens with zero attached hydrogens (tertiary/aromatic N) is 3. The average Bonchev–Trinajstić information content (AvgIpc) is 2.79. The molecule has 2 aromatic heterocycles. The molecule has 0 saturated carbocycles. The van der Waals surface area contributed by atoms with Crippen LogP contribution in [0.1, 0.15) is 5.69 Å². The first-order chi connectivity index (χ1) is 8.97. The first-order valence-electron chi connectivity index (χ1n) is 5.58. The van der Waals surface area contributed by atoms with Crippen LogP contribution in [0.5, 0.6) is 0 Å². The van der Waals surface area contributed by atoms with Crippen LogP contribution in [-0.2, 0) is 7.05 Å². The van der Waals surface area contributed by atoms with Crippen LogP contribution in [0.15, 0.2) is 18.3 Å². The number of aromatic amines is 1. The topological polar surface area (TPSA) is 38.5 Å². The van der Waals surface area contributed by atoms with Crippen molar-refractivity contribution < 1.29 is 4.39 Å². The van der Waals surface area contributed by atoms with Gasteiger partial charge in [-0.3, -0.25) is 9.25 Å². The second-order valence-corrected chi connectivity index (χ2v) is 5.12. The molecule has 0 amide bonds. The fourth-order valence-corrected chi connectivity index (χ4v) is 2.61. The Balaban J connectivity index is 2.41. The minimum atomic E-state index is -0.472. The minimum Gasteiger partial charge on any atom is -0.330 e. The molecule has 1 aromatic carbocycles. The smallest absolute Gasteiger partial charge is 0.182 e. The van der Waals surface area contributed by atoms with Gasteiger partial charge in [0.2, 0.25) is 0 Å². The highest BCUT2D eigenvalue weighted by Crippen LogP contribution is 2.26. The highest BCUT2D eigenvalue weighted by atomic mass is 35.5. The normalized spacial score (nSPS) is 11.4. The molecule has 0 saturated heterocycles. The highest BCUT2D eigenvalue weighted by molar-refractivity contribution is 7.71. The zero-order valence-electron chi connectivity index (χ0n) is 10.2. The first kappa shape index (κ1) is 12.4. The Morgan fingerprint density at radius 2 is 2.16 bits per heavy atom. The Morgan fingerprint density at radius 3 is 2.79 bits per heavy atom. The number of imidazole rings is 1. The van der Waals surface area contributed by atoms with Gasteiger partial charge in [0.05, 0.1) is 27.4 Å². The molecule has 0 bridgehead atoms. The molecule has 0 fully saturated rings. The van der Waals surface area contributed by atoms with Crippen molar-refractivity contribution in [2.75, 3.05) is 0 Å². The fraction of sp³-hybridized carbons (Fsp3) is 0.167. The van der Waals surface area contributed by atoms with Crippen molar-refractivity contribution in [3.8, 4) is 5.69 Å². The second-order valence-electron chi connectivity index (χ2n) is 4.32. The molecule has 0 aliphatic carbocycles. The maximum atomic E-state index is 13.5. The summed E-state index contributed by atoms with van der Waals surface area (Å²) in [5, 5.41) is 4.35. The predicted molar refractivity (Wildman–Crippen MR) is 74.9 cm³/mol. The standard InChI is InChI=1S/C12H10ClFN4S/c1-6-11(5-17(2)16-6)18-10-3-7(13)8(14)4-9(10)15-12(18)19/h3-5H,1-2H3,(H,15,19). The van der Waals surface area contributed by atoms with E-state index in [1.807, 2.05) is 20.2 Å². The van der Waals surface area contributed by atoms with Gasteiger partial charge < -0.3 is 4.98 Å². The van der Waals surface area contributed by atoms with Gasteiger partial charge in [-0.15, -0.1) is 0 Å². The molecule has 0 spiro atoms. The van der Waals surface area contributed by atoms with Crippen molar-refractivity contribution in [3.63, 3.8) is 0 Å². The number of benzene rings is 1. The van der Waals surface area contributed by atoms with E-state index in [1.165, 1.54) is 6.07 Å². The molecule has 4 nitrogen and oxygen atoms in total. The van der Waals surface area contributed by atoms with Crippen LogP contribution in [0.2, 0.25) is 5.02 Å². The number of rotatable bonds is 1. The molecular weight excluding hydrogens is 287 g/mol. The second kappa shape index (κ2) is 4.18. The van der Waals surface area contributed by atoms with Crippen molar-refractivity contribution in [2.24, 2.45) is 7.05 Å². The number of aryl methyl sites for hydroxylation is 2. The van der Waals surface area contributed by atoms with Crippen molar-refractivity contribution in [2.45, 2.75) is 6.92 Å².